The lowest BCUT2D eigenvalue weighted by atomic mass is 10.1. The summed E-state index contributed by atoms with van der Waals surface area (Å²) >= 11 is 7.43. The van der Waals surface area contributed by atoms with E-state index in [2.05, 4.69) is 4.98 Å². The summed E-state index contributed by atoms with van der Waals surface area (Å²) in [6, 6.07) is 13.6. The third kappa shape index (κ3) is 1.88. The first-order chi connectivity index (χ1) is 8.24. The van der Waals surface area contributed by atoms with E-state index >= 15 is 0 Å². The van der Waals surface area contributed by atoms with Crippen LogP contribution in [0.2, 0.25) is 4.34 Å². The minimum Gasteiger partial charge on any atom is -0.398 e. The summed E-state index contributed by atoms with van der Waals surface area (Å²) in [5.41, 5.74) is 8.56. The van der Waals surface area contributed by atoms with E-state index in [1.165, 1.54) is 11.3 Å². The number of thiophene rings is 1. The molecule has 0 radical (unpaired) electrons. The fourth-order valence-electron chi connectivity index (χ4n) is 1.78. The van der Waals surface area contributed by atoms with Crippen molar-refractivity contribution in [2.24, 2.45) is 0 Å². The summed E-state index contributed by atoms with van der Waals surface area (Å²) in [7, 11) is 0. The second kappa shape index (κ2) is 4.02. The number of nitrogen functional groups attached to an aromatic ring is 1. The summed E-state index contributed by atoms with van der Waals surface area (Å²) in [6.07, 6.45) is 0. The molecule has 1 aromatic carbocycles. The minimum absolute atomic E-state index is 0.745. The number of halogens is 1. The van der Waals surface area contributed by atoms with Gasteiger partial charge in [-0.1, -0.05) is 29.8 Å². The molecule has 0 spiro atoms. The van der Waals surface area contributed by atoms with Crippen molar-refractivity contribution < 1.29 is 0 Å². The maximum absolute atomic E-state index is 6.03. The van der Waals surface area contributed by atoms with Crippen molar-refractivity contribution in [3.05, 3.63) is 46.8 Å². The van der Waals surface area contributed by atoms with Gasteiger partial charge in [-0.05, 0) is 24.3 Å². The van der Waals surface area contributed by atoms with E-state index in [4.69, 9.17) is 17.3 Å². The Hall–Kier alpha value is -1.58. The third-order valence-corrected chi connectivity index (χ3v) is 3.83. The molecule has 2 nitrogen and oxygen atoms in total. The predicted octanol–water partition coefficient (Wildman–Crippen LogP) is 4.20. The molecule has 4 heteroatoms. The van der Waals surface area contributed by atoms with Gasteiger partial charge in [0.1, 0.15) is 0 Å². The molecule has 2 N–H and O–H groups in total. The Morgan fingerprint density at radius 3 is 2.71 bits per heavy atom. The van der Waals surface area contributed by atoms with Crippen LogP contribution in [0.15, 0.2) is 42.5 Å². The van der Waals surface area contributed by atoms with Gasteiger partial charge in [-0.15, -0.1) is 11.3 Å². The first-order valence-electron chi connectivity index (χ1n) is 5.15. The monoisotopic (exact) mass is 260 g/mol. The average molecular weight is 261 g/mol. The Bertz CT molecular complexity index is 691. The van der Waals surface area contributed by atoms with Crippen molar-refractivity contribution in [3.8, 4) is 10.6 Å². The number of rotatable bonds is 1. The molecule has 3 aromatic rings. The zero-order chi connectivity index (χ0) is 11.8. The zero-order valence-corrected chi connectivity index (χ0v) is 10.4. The largest absolute Gasteiger partial charge is 0.398 e. The number of fused-ring (bicyclic) bond motifs is 1. The maximum atomic E-state index is 6.03. The molecule has 2 aromatic heterocycles. The van der Waals surface area contributed by atoms with Gasteiger partial charge in [0.05, 0.1) is 20.4 Å². The third-order valence-electron chi connectivity index (χ3n) is 2.57. The van der Waals surface area contributed by atoms with E-state index in [9.17, 15) is 0 Å². The van der Waals surface area contributed by atoms with Gasteiger partial charge < -0.3 is 5.73 Å². The number of anilines is 1. The van der Waals surface area contributed by atoms with Gasteiger partial charge in [0, 0.05) is 11.1 Å². The molecule has 2 heterocycles. The van der Waals surface area contributed by atoms with Crippen LogP contribution in [0.5, 0.6) is 0 Å². The molecule has 0 aliphatic rings. The highest BCUT2D eigenvalue weighted by Gasteiger charge is 2.07. The number of pyridine rings is 1. The molecule has 0 saturated heterocycles. The van der Waals surface area contributed by atoms with Crippen molar-refractivity contribution in [3.63, 3.8) is 0 Å². The van der Waals surface area contributed by atoms with Crippen LogP contribution < -0.4 is 5.73 Å². The number of hydrogen-bond donors (Lipinski definition) is 1. The van der Waals surface area contributed by atoms with Crippen molar-refractivity contribution >= 4 is 39.5 Å². The minimum atomic E-state index is 0.745. The van der Waals surface area contributed by atoms with Gasteiger partial charge >= 0.3 is 0 Å². The standard InChI is InChI=1S/C13H9ClN2S/c14-13-6-5-12(17-13)11-7-9(15)8-3-1-2-4-10(8)16-11/h1-7H,(H2,15,16). The molecule has 0 aliphatic heterocycles. The predicted molar refractivity (Wildman–Crippen MR) is 74.5 cm³/mol. The molecular weight excluding hydrogens is 252 g/mol. The molecule has 0 bridgehead atoms. The summed E-state index contributed by atoms with van der Waals surface area (Å²) in [5, 5.41) is 0.985. The lowest BCUT2D eigenvalue weighted by molar-refractivity contribution is 1.42. The highest BCUT2D eigenvalue weighted by Crippen LogP contribution is 2.32. The zero-order valence-electron chi connectivity index (χ0n) is 8.85. The lowest BCUT2D eigenvalue weighted by Crippen LogP contribution is -1.91. The van der Waals surface area contributed by atoms with Crippen molar-refractivity contribution in [2.45, 2.75) is 0 Å². The average Bonchev–Trinajstić information content (AvgIpc) is 2.76. The Kier molecular flexibility index (Phi) is 2.50. The molecule has 0 amide bonds. The molecule has 0 unspecified atom stereocenters. The molecule has 0 fully saturated rings. The van der Waals surface area contributed by atoms with E-state index in [1.807, 2.05) is 42.5 Å². The SMILES string of the molecule is Nc1cc(-c2ccc(Cl)s2)nc2ccccc12. The van der Waals surface area contributed by atoms with Crippen LogP contribution in [0.4, 0.5) is 5.69 Å². The van der Waals surface area contributed by atoms with Crippen LogP contribution in [0.3, 0.4) is 0 Å². The number of para-hydroxylation sites is 1. The second-order valence-corrected chi connectivity index (χ2v) is 5.43. The van der Waals surface area contributed by atoms with Gasteiger partial charge in [0.2, 0.25) is 0 Å². The lowest BCUT2D eigenvalue weighted by Gasteiger charge is -2.04. The van der Waals surface area contributed by atoms with E-state index in [1.54, 1.807) is 0 Å². The number of nitrogens with zero attached hydrogens (tertiary/aromatic N) is 1. The molecule has 0 aliphatic carbocycles. The van der Waals surface area contributed by atoms with E-state index in [0.717, 1.165) is 31.5 Å². The van der Waals surface area contributed by atoms with E-state index in [0.29, 0.717) is 0 Å². The number of nitrogens with two attached hydrogens (primary N) is 1. The van der Waals surface area contributed by atoms with Crippen LogP contribution in [0.1, 0.15) is 0 Å². The first-order valence-corrected chi connectivity index (χ1v) is 6.34. The highest BCUT2D eigenvalue weighted by atomic mass is 35.5. The van der Waals surface area contributed by atoms with Crippen LogP contribution >= 0.6 is 22.9 Å². The van der Waals surface area contributed by atoms with Crippen molar-refractivity contribution in [1.82, 2.24) is 4.98 Å². The van der Waals surface area contributed by atoms with Crippen LogP contribution in [0.25, 0.3) is 21.5 Å². The molecule has 0 saturated carbocycles. The van der Waals surface area contributed by atoms with Gasteiger partial charge in [-0.25, -0.2) is 4.98 Å². The van der Waals surface area contributed by atoms with Crippen molar-refractivity contribution in [2.75, 3.05) is 5.73 Å². The van der Waals surface area contributed by atoms with E-state index < -0.39 is 0 Å². The fraction of sp³-hybridized carbons (Fsp3) is 0. The number of aromatic nitrogens is 1. The topological polar surface area (TPSA) is 38.9 Å². The second-order valence-electron chi connectivity index (χ2n) is 3.72. The molecule has 84 valence electrons. The van der Waals surface area contributed by atoms with Crippen LogP contribution in [-0.2, 0) is 0 Å². The summed E-state index contributed by atoms with van der Waals surface area (Å²) in [6.45, 7) is 0. The smallest absolute Gasteiger partial charge is 0.0935 e. The van der Waals surface area contributed by atoms with E-state index in [-0.39, 0.29) is 0 Å². The quantitative estimate of drug-likeness (QED) is 0.712. The first kappa shape index (κ1) is 10.6. The Morgan fingerprint density at radius 2 is 1.94 bits per heavy atom. The Morgan fingerprint density at radius 1 is 1.12 bits per heavy atom. The van der Waals surface area contributed by atoms with Gasteiger partial charge in [0.25, 0.3) is 0 Å². The summed E-state index contributed by atoms with van der Waals surface area (Å²) in [5.74, 6) is 0. The Balaban J connectivity index is 2.25. The molecule has 3 rings (SSSR count). The van der Waals surface area contributed by atoms with Gasteiger partial charge in [0.15, 0.2) is 0 Å². The summed E-state index contributed by atoms with van der Waals surface area (Å²) in [4.78, 5) is 5.63. The maximum Gasteiger partial charge on any atom is 0.0935 e. The van der Waals surface area contributed by atoms with Crippen LogP contribution in [-0.4, -0.2) is 4.98 Å². The molecule has 17 heavy (non-hydrogen) atoms. The number of benzene rings is 1. The van der Waals surface area contributed by atoms with Gasteiger partial charge in [-0.2, -0.15) is 0 Å². The van der Waals surface area contributed by atoms with Crippen LogP contribution in [0, 0.1) is 0 Å². The Labute approximate surface area is 108 Å². The highest BCUT2D eigenvalue weighted by molar-refractivity contribution is 7.19. The molecule has 0 atom stereocenters. The molecular formula is C13H9ClN2S. The fourth-order valence-corrected chi connectivity index (χ4v) is 2.78. The number of hydrogen-bond acceptors (Lipinski definition) is 3. The van der Waals surface area contributed by atoms with Crippen molar-refractivity contribution in [1.29, 1.82) is 0 Å². The normalized spacial score (nSPS) is 10.9. The van der Waals surface area contributed by atoms with Gasteiger partial charge in [-0.3, -0.25) is 0 Å². The summed E-state index contributed by atoms with van der Waals surface area (Å²) < 4.78 is 0.758.